The van der Waals surface area contributed by atoms with E-state index >= 15 is 0 Å². The first-order chi connectivity index (χ1) is 5.39. The molecule has 2 heterocycles. The van der Waals surface area contributed by atoms with Gasteiger partial charge in [-0.15, -0.1) is 0 Å². The highest BCUT2D eigenvalue weighted by Crippen LogP contribution is 1.99. The van der Waals surface area contributed by atoms with E-state index in [2.05, 4.69) is 0 Å². The molecule has 11 heavy (non-hydrogen) atoms. The first kappa shape index (κ1) is 8.97. The van der Waals surface area contributed by atoms with Gasteiger partial charge >= 0.3 is 0 Å². The van der Waals surface area contributed by atoms with E-state index in [9.17, 15) is 0 Å². The minimum atomic E-state index is 0.324. The Morgan fingerprint density at radius 1 is 1.09 bits per heavy atom. The molecule has 0 N–H and O–H groups in total. The normalized spacial score (nSPS) is 29.7. The van der Waals surface area contributed by atoms with Crippen LogP contribution in [0.2, 0.25) is 0 Å². The summed E-state index contributed by atoms with van der Waals surface area (Å²) < 4.78 is 14.7. The first-order valence-electron chi connectivity index (χ1n) is 4.16. The smallest absolute Gasteiger partial charge is 0.147 e. The minimum absolute atomic E-state index is 0.324. The van der Waals surface area contributed by atoms with Crippen LogP contribution in [0.25, 0.3) is 0 Å². The second-order valence-corrected chi connectivity index (χ2v) is 2.79. The maximum absolute atomic E-state index is 4.94. The zero-order valence-electron chi connectivity index (χ0n) is 7.04. The van der Waals surface area contributed by atoms with Crippen molar-refractivity contribution in [3.63, 3.8) is 0 Å². The molecule has 1 atom stereocenters. The Bertz CT molecular complexity index is 77.7. The summed E-state index contributed by atoms with van der Waals surface area (Å²) in [6, 6.07) is 0. The molecule has 2 aliphatic heterocycles. The van der Waals surface area contributed by atoms with Crippen molar-refractivity contribution in [1.82, 2.24) is 0 Å². The second kappa shape index (κ2) is 5.52. The van der Waals surface area contributed by atoms with E-state index in [1.54, 1.807) is 0 Å². The third-order valence-electron chi connectivity index (χ3n) is 1.62. The Morgan fingerprint density at radius 3 is 2.00 bits per heavy atom. The monoisotopic (exact) mass is 160 g/mol. The maximum atomic E-state index is 4.94. The molecule has 0 saturated carbocycles. The molecular weight excluding hydrogens is 144 g/mol. The van der Waals surface area contributed by atoms with Crippen LogP contribution in [0.5, 0.6) is 0 Å². The van der Waals surface area contributed by atoms with Crippen molar-refractivity contribution in [3.05, 3.63) is 0 Å². The number of hydrogen-bond acceptors (Lipinski definition) is 3. The van der Waals surface area contributed by atoms with Crippen LogP contribution in [0.3, 0.4) is 0 Å². The van der Waals surface area contributed by atoms with Gasteiger partial charge in [0.05, 0.1) is 12.7 Å². The Hall–Kier alpha value is -0.120. The van der Waals surface area contributed by atoms with Crippen molar-refractivity contribution in [2.45, 2.75) is 25.9 Å². The van der Waals surface area contributed by atoms with Crippen LogP contribution in [-0.4, -0.2) is 32.7 Å². The van der Waals surface area contributed by atoms with Crippen LogP contribution in [0, 0.1) is 0 Å². The fourth-order valence-electron chi connectivity index (χ4n) is 0.937. The molecule has 2 aliphatic rings. The van der Waals surface area contributed by atoms with E-state index in [1.165, 1.54) is 12.8 Å². The highest BCUT2D eigenvalue weighted by molar-refractivity contribution is 4.48. The Morgan fingerprint density at radius 2 is 1.82 bits per heavy atom. The molecule has 1 unspecified atom stereocenters. The fraction of sp³-hybridized carbons (Fsp3) is 1.00. The van der Waals surface area contributed by atoms with E-state index in [0.29, 0.717) is 12.9 Å². The lowest BCUT2D eigenvalue weighted by Gasteiger charge is -1.90. The molecule has 0 aromatic heterocycles. The van der Waals surface area contributed by atoms with Crippen molar-refractivity contribution in [2.24, 2.45) is 0 Å². The first-order valence-corrected chi connectivity index (χ1v) is 4.16. The van der Waals surface area contributed by atoms with Crippen molar-refractivity contribution in [1.29, 1.82) is 0 Å². The number of hydrogen-bond donors (Lipinski definition) is 0. The quantitative estimate of drug-likeness (QED) is 0.532. The lowest BCUT2D eigenvalue weighted by atomic mass is 10.4. The van der Waals surface area contributed by atoms with Crippen molar-refractivity contribution >= 4 is 0 Å². The summed E-state index contributed by atoms with van der Waals surface area (Å²) >= 11 is 0. The van der Waals surface area contributed by atoms with Gasteiger partial charge in [-0.3, -0.25) is 0 Å². The van der Waals surface area contributed by atoms with Crippen LogP contribution in [0.1, 0.15) is 19.8 Å². The largest absolute Gasteiger partial charge is 0.381 e. The topological polar surface area (TPSA) is 27.7 Å². The number of rotatable bonds is 0. The molecule has 2 rings (SSSR count). The Labute approximate surface area is 67.6 Å². The van der Waals surface area contributed by atoms with Gasteiger partial charge in [-0.2, -0.15) is 0 Å². The molecule has 2 saturated heterocycles. The van der Waals surface area contributed by atoms with Crippen LogP contribution < -0.4 is 0 Å². The molecule has 0 bridgehead atoms. The molecule has 0 aromatic rings. The molecule has 0 radical (unpaired) electrons. The zero-order valence-corrected chi connectivity index (χ0v) is 7.04. The van der Waals surface area contributed by atoms with E-state index in [1.807, 2.05) is 6.92 Å². The average molecular weight is 160 g/mol. The highest BCUT2D eigenvalue weighted by atomic mass is 16.7. The summed E-state index contributed by atoms with van der Waals surface area (Å²) in [5, 5.41) is 0. The van der Waals surface area contributed by atoms with Crippen molar-refractivity contribution < 1.29 is 14.2 Å². The van der Waals surface area contributed by atoms with Crippen LogP contribution in [-0.2, 0) is 14.2 Å². The third kappa shape index (κ3) is 4.35. The summed E-state index contributed by atoms with van der Waals surface area (Å²) in [5.41, 5.74) is 0. The van der Waals surface area contributed by atoms with Gasteiger partial charge in [0.15, 0.2) is 0 Å². The van der Waals surface area contributed by atoms with Gasteiger partial charge in [-0.05, 0) is 19.8 Å². The molecule has 3 heteroatoms. The summed E-state index contributed by atoms with van der Waals surface area (Å²) in [5.74, 6) is 0. The Balaban J connectivity index is 0.000000112. The van der Waals surface area contributed by atoms with Crippen molar-refractivity contribution in [2.75, 3.05) is 26.6 Å². The maximum Gasteiger partial charge on any atom is 0.147 e. The van der Waals surface area contributed by atoms with Crippen LogP contribution in [0.4, 0.5) is 0 Å². The third-order valence-corrected chi connectivity index (χ3v) is 1.62. The second-order valence-electron chi connectivity index (χ2n) is 2.79. The molecule has 0 amide bonds. The SMILES string of the molecule is C1CCOC1.CC1COCO1. The van der Waals surface area contributed by atoms with Gasteiger partial charge in [0.25, 0.3) is 0 Å². The summed E-state index contributed by atoms with van der Waals surface area (Å²) in [6.45, 7) is 5.24. The highest BCUT2D eigenvalue weighted by Gasteiger charge is 2.07. The molecule has 66 valence electrons. The molecule has 3 nitrogen and oxygen atoms in total. The zero-order chi connectivity index (χ0) is 7.94. The standard InChI is InChI=1S/C4H8O2.C4H8O/c1-4-2-5-3-6-4;1-2-4-5-3-1/h4H,2-3H2,1H3;1-4H2. The van der Waals surface area contributed by atoms with Gasteiger partial charge in [-0.1, -0.05) is 0 Å². The van der Waals surface area contributed by atoms with E-state index < -0.39 is 0 Å². The molecular formula is C8H16O3. The van der Waals surface area contributed by atoms with E-state index in [0.717, 1.165) is 19.8 Å². The van der Waals surface area contributed by atoms with Crippen molar-refractivity contribution in [3.8, 4) is 0 Å². The van der Waals surface area contributed by atoms with Gasteiger partial charge in [0.2, 0.25) is 0 Å². The van der Waals surface area contributed by atoms with E-state index in [-0.39, 0.29) is 0 Å². The Kier molecular flexibility index (Phi) is 4.50. The molecule has 0 spiro atoms. The summed E-state index contributed by atoms with van der Waals surface area (Å²) in [4.78, 5) is 0. The predicted molar refractivity (Wildman–Crippen MR) is 41.4 cm³/mol. The average Bonchev–Trinajstić information content (AvgIpc) is 2.57. The van der Waals surface area contributed by atoms with Gasteiger partial charge < -0.3 is 14.2 Å². The van der Waals surface area contributed by atoms with E-state index in [4.69, 9.17) is 14.2 Å². The lowest BCUT2D eigenvalue weighted by molar-refractivity contribution is 0.0514. The van der Waals surface area contributed by atoms with Gasteiger partial charge in [-0.25, -0.2) is 0 Å². The van der Waals surface area contributed by atoms with Gasteiger partial charge in [0, 0.05) is 13.2 Å². The molecule has 2 fully saturated rings. The summed E-state index contributed by atoms with van der Waals surface area (Å²) in [7, 11) is 0. The minimum Gasteiger partial charge on any atom is -0.381 e. The summed E-state index contributed by atoms with van der Waals surface area (Å²) in [6.07, 6.45) is 2.88. The van der Waals surface area contributed by atoms with Crippen LogP contribution in [0.15, 0.2) is 0 Å². The molecule has 0 aliphatic carbocycles. The lowest BCUT2D eigenvalue weighted by Crippen LogP contribution is -2.00. The molecule has 0 aromatic carbocycles. The fourth-order valence-corrected chi connectivity index (χ4v) is 0.937. The number of ether oxygens (including phenoxy) is 3. The van der Waals surface area contributed by atoms with Gasteiger partial charge in [0.1, 0.15) is 6.79 Å². The predicted octanol–water partition coefficient (Wildman–Crippen LogP) is 1.18. The van der Waals surface area contributed by atoms with Crippen LogP contribution >= 0.6 is 0 Å².